The van der Waals surface area contributed by atoms with Gasteiger partial charge in [-0.2, -0.15) is 0 Å². The molecular formula is C16H26BrNO2. The molecule has 0 saturated heterocycles. The molecule has 0 aliphatic heterocycles. The third kappa shape index (κ3) is 6.84. The lowest BCUT2D eigenvalue weighted by Crippen LogP contribution is -2.35. The summed E-state index contributed by atoms with van der Waals surface area (Å²) >= 11 is 3.62. The van der Waals surface area contributed by atoms with E-state index in [4.69, 9.17) is 9.47 Å². The van der Waals surface area contributed by atoms with Crippen LogP contribution in [0.2, 0.25) is 0 Å². The van der Waals surface area contributed by atoms with E-state index in [1.165, 1.54) is 5.56 Å². The number of hydrogen-bond donors (Lipinski definition) is 1. The van der Waals surface area contributed by atoms with Gasteiger partial charge in [0.1, 0.15) is 0 Å². The zero-order valence-electron chi connectivity index (χ0n) is 13.1. The number of methoxy groups -OCH3 is 1. The molecule has 0 spiro atoms. The van der Waals surface area contributed by atoms with Crippen LogP contribution in [0, 0.1) is 0 Å². The Morgan fingerprint density at radius 3 is 2.55 bits per heavy atom. The van der Waals surface area contributed by atoms with E-state index in [1.54, 1.807) is 7.11 Å². The lowest BCUT2D eigenvalue weighted by atomic mass is 10.1. The minimum absolute atomic E-state index is 0.106. The molecule has 1 atom stereocenters. The van der Waals surface area contributed by atoms with Crippen molar-refractivity contribution in [1.82, 2.24) is 5.32 Å². The van der Waals surface area contributed by atoms with Crippen LogP contribution >= 0.6 is 15.9 Å². The fourth-order valence-electron chi connectivity index (χ4n) is 1.70. The third-order valence-electron chi connectivity index (χ3n) is 2.87. The lowest BCUT2D eigenvalue weighted by molar-refractivity contribution is -0.000333. The van der Waals surface area contributed by atoms with Crippen LogP contribution in [-0.4, -0.2) is 25.4 Å². The molecule has 1 unspecified atom stereocenters. The molecule has 3 nitrogen and oxygen atoms in total. The fraction of sp³-hybridized carbons (Fsp3) is 0.625. The number of nitrogens with one attached hydrogen (secondary N) is 1. The molecule has 0 aromatic heterocycles. The molecule has 0 heterocycles. The second-order valence-corrected chi connectivity index (χ2v) is 6.96. The second-order valence-electron chi connectivity index (χ2n) is 6.11. The highest BCUT2D eigenvalue weighted by Gasteiger charge is 2.10. The van der Waals surface area contributed by atoms with Crippen molar-refractivity contribution in [3.05, 3.63) is 33.8 Å². The first kappa shape index (κ1) is 17.6. The van der Waals surface area contributed by atoms with E-state index in [-0.39, 0.29) is 11.6 Å². The highest BCUT2D eigenvalue weighted by Crippen LogP contribution is 2.20. The SMILES string of the molecule is COCC(C)OCc1ccc(CNC(C)(C)C)cc1Br. The highest BCUT2D eigenvalue weighted by molar-refractivity contribution is 9.10. The van der Waals surface area contributed by atoms with Gasteiger partial charge in [0, 0.05) is 23.7 Å². The molecule has 0 fully saturated rings. The zero-order chi connectivity index (χ0) is 15.2. The van der Waals surface area contributed by atoms with Crippen molar-refractivity contribution < 1.29 is 9.47 Å². The number of rotatable bonds is 7. The fourth-order valence-corrected chi connectivity index (χ4v) is 2.24. The Hall–Kier alpha value is -0.420. The van der Waals surface area contributed by atoms with E-state index in [0.717, 1.165) is 16.6 Å². The van der Waals surface area contributed by atoms with Crippen LogP contribution in [0.15, 0.2) is 22.7 Å². The summed E-state index contributed by atoms with van der Waals surface area (Å²) in [6.07, 6.45) is 0.106. The monoisotopic (exact) mass is 343 g/mol. The molecule has 20 heavy (non-hydrogen) atoms. The maximum atomic E-state index is 5.73. The number of benzene rings is 1. The summed E-state index contributed by atoms with van der Waals surface area (Å²) in [5.74, 6) is 0. The molecular weight excluding hydrogens is 318 g/mol. The molecule has 1 rings (SSSR count). The molecule has 0 aliphatic rings. The topological polar surface area (TPSA) is 30.5 Å². The van der Waals surface area contributed by atoms with Crippen molar-refractivity contribution >= 4 is 15.9 Å². The van der Waals surface area contributed by atoms with Crippen molar-refractivity contribution in [3.8, 4) is 0 Å². The van der Waals surface area contributed by atoms with Crippen molar-refractivity contribution in [2.75, 3.05) is 13.7 Å². The normalized spacial score (nSPS) is 13.5. The lowest BCUT2D eigenvalue weighted by Gasteiger charge is -2.21. The third-order valence-corrected chi connectivity index (χ3v) is 3.60. The van der Waals surface area contributed by atoms with E-state index in [9.17, 15) is 0 Å². The predicted molar refractivity (Wildman–Crippen MR) is 86.9 cm³/mol. The minimum Gasteiger partial charge on any atom is -0.382 e. The van der Waals surface area contributed by atoms with Gasteiger partial charge in [-0.3, -0.25) is 0 Å². The van der Waals surface area contributed by atoms with E-state index in [1.807, 2.05) is 6.92 Å². The van der Waals surface area contributed by atoms with Gasteiger partial charge in [0.15, 0.2) is 0 Å². The molecule has 114 valence electrons. The summed E-state index contributed by atoms with van der Waals surface area (Å²) in [5, 5.41) is 3.48. The molecule has 4 heteroatoms. The van der Waals surface area contributed by atoms with Crippen molar-refractivity contribution in [1.29, 1.82) is 0 Å². The smallest absolute Gasteiger partial charge is 0.0784 e. The molecule has 0 bridgehead atoms. The molecule has 1 aromatic rings. The standard InChI is InChI=1S/C16H26BrNO2/c1-12(10-19-5)20-11-14-7-6-13(8-15(14)17)9-18-16(2,3)4/h6-8,12,18H,9-11H2,1-5H3. The van der Waals surface area contributed by atoms with Gasteiger partial charge in [0.05, 0.1) is 19.3 Å². The van der Waals surface area contributed by atoms with Crippen LogP contribution in [0.1, 0.15) is 38.8 Å². The van der Waals surface area contributed by atoms with Crippen molar-refractivity contribution in [2.24, 2.45) is 0 Å². The first-order valence-electron chi connectivity index (χ1n) is 6.94. The van der Waals surface area contributed by atoms with Gasteiger partial charge >= 0.3 is 0 Å². The number of ether oxygens (including phenoxy) is 2. The summed E-state index contributed by atoms with van der Waals surface area (Å²) in [6, 6.07) is 6.41. The largest absolute Gasteiger partial charge is 0.382 e. The molecule has 0 amide bonds. The van der Waals surface area contributed by atoms with Crippen LogP contribution in [0.5, 0.6) is 0 Å². The maximum Gasteiger partial charge on any atom is 0.0784 e. The Bertz CT molecular complexity index is 415. The quantitative estimate of drug-likeness (QED) is 0.814. The Kier molecular flexibility index (Phi) is 7.17. The minimum atomic E-state index is 0.106. The van der Waals surface area contributed by atoms with Gasteiger partial charge in [-0.15, -0.1) is 0 Å². The van der Waals surface area contributed by atoms with Crippen molar-refractivity contribution in [3.63, 3.8) is 0 Å². The molecule has 1 aromatic carbocycles. The number of halogens is 1. The zero-order valence-corrected chi connectivity index (χ0v) is 14.7. The summed E-state index contributed by atoms with van der Waals surface area (Å²) in [6.45, 7) is 10.6. The number of hydrogen-bond acceptors (Lipinski definition) is 3. The van der Waals surface area contributed by atoms with Crippen LogP contribution in [0.4, 0.5) is 0 Å². The Balaban J connectivity index is 2.55. The van der Waals surface area contributed by atoms with Crippen LogP contribution in [0.25, 0.3) is 0 Å². The van der Waals surface area contributed by atoms with E-state index in [0.29, 0.717) is 13.2 Å². The maximum absolute atomic E-state index is 5.73. The van der Waals surface area contributed by atoms with Crippen molar-refractivity contribution in [2.45, 2.75) is 52.5 Å². The summed E-state index contributed by atoms with van der Waals surface area (Å²) < 4.78 is 11.9. The van der Waals surface area contributed by atoms with Crippen LogP contribution in [-0.2, 0) is 22.6 Å². The van der Waals surface area contributed by atoms with Gasteiger partial charge in [-0.1, -0.05) is 28.1 Å². The summed E-state index contributed by atoms with van der Waals surface area (Å²) in [7, 11) is 1.69. The van der Waals surface area contributed by atoms with Gasteiger partial charge in [0.2, 0.25) is 0 Å². The summed E-state index contributed by atoms with van der Waals surface area (Å²) in [4.78, 5) is 0. The average molecular weight is 344 g/mol. The first-order valence-corrected chi connectivity index (χ1v) is 7.74. The Labute approximate surface area is 131 Å². The molecule has 0 saturated carbocycles. The highest BCUT2D eigenvalue weighted by atomic mass is 79.9. The van der Waals surface area contributed by atoms with E-state index < -0.39 is 0 Å². The summed E-state index contributed by atoms with van der Waals surface area (Å²) in [5.41, 5.74) is 2.55. The molecule has 0 radical (unpaired) electrons. The first-order chi connectivity index (χ1) is 9.31. The molecule has 1 N–H and O–H groups in total. The predicted octanol–water partition coefficient (Wildman–Crippen LogP) is 3.89. The van der Waals surface area contributed by atoms with Crippen LogP contribution < -0.4 is 5.32 Å². The average Bonchev–Trinajstić information content (AvgIpc) is 2.34. The van der Waals surface area contributed by atoms with E-state index in [2.05, 4.69) is 60.2 Å². The van der Waals surface area contributed by atoms with Gasteiger partial charge in [0.25, 0.3) is 0 Å². The second kappa shape index (κ2) is 8.13. The van der Waals surface area contributed by atoms with Gasteiger partial charge < -0.3 is 14.8 Å². The van der Waals surface area contributed by atoms with Crippen LogP contribution in [0.3, 0.4) is 0 Å². The Morgan fingerprint density at radius 2 is 2.00 bits per heavy atom. The van der Waals surface area contributed by atoms with E-state index >= 15 is 0 Å². The van der Waals surface area contributed by atoms with Gasteiger partial charge in [-0.05, 0) is 44.9 Å². The Morgan fingerprint density at radius 1 is 1.30 bits per heavy atom. The van der Waals surface area contributed by atoms with Gasteiger partial charge in [-0.25, -0.2) is 0 Å². The molecule has 0 aliphatic carbocycles.